The lowest BCUT2D eigenvalue weighted by Crippen LogP contribution is -2.17. The van der Waals surface area contributed by atoms with Crippen molar-refractivity contribution in [2.75, 3.05) is 0 Å². The second-order valence-electron chi connectivity index (χ2n) is 5.94. The molecule has 3 aromatic carbocycles. The highest BCUT2D eigenvalue weighted by Gasteiger charge is 2.23. The van der Waals surface area contributed by atoms with Crippen molar-refractivity contribution >= 4 is 61.2 Å². The maximum Gasteiger partial charge on any atom is 0.339 e. The SMILES string of the molecule is O=C1NC(=S)S/C1=C\c1ccccc1OS(=O)(=O)c1ccc2ccccc2c1. The van der Waals surface area contributed by atoms with Crippen molar-refractivity contribution in [3.8, 4) is 5.75 Å². The van der Waals surface area contributed by atoms with Crippen LogP contribution in [-0.4, -0.2) is 18.6 Å². The van der Waals surface area contributed by atoms with Gasteiger partial charge in [0.15, 0.2) is 0 Å². The van der Waals surface area contributed by atoms with E-state index in [2.05, 4.69) is 5.32 Å². The van der Waals surface area contributed by atoms with Gasteiger partial charge in [-0.05, 0) is 35.0 Å². The van der Waals surface area contributed by atoms with Crippen molar-refractivity contribution in [2.24, 2.45) is 0 Å². The summed E-state index contributed by atoms with van der Waals surface area (Å²) in [7, 11) is -4.05. The molecule has 28 heavy (non-hydrogen) atoms. The highest BCUT2D eigenvalue weighted by Crippen LogP contribution is 2.31. The number of thioether (sulfide) groups is 1. The number of nitrogens with one attached hydrogen (secondary N) is 1. The predicted octanol–water partition coefficient (Wildman–Crippen LogP) is 4.10. The summed E-state index contributed by atoms with van der Waals surface area (Å²) in [6.45, 7) is 0. The van der Waals surface area contributed by atoms with Gasteiger partial charge in [0.25, 0.3) is 5.91 Å². The molecule has 140 valence electrons. The number of carbonyl (C=O) groups excluding carboxylic acids is 1. The van der Waals surface area contributed by atoms with E-state index in [0.717, 1.165) is 22.5 Å². The summed E-state index contributed by atoms with van der Waals surface area (Å²) in [5.41, 5.74) is 0.467. The van der Waals surface area contributed by atoms with Gasteiger partial charge in [0, 0.05) is 5.56 Å². The van der Waals surface area contributed by atoms with Gasteiger partial charge in [-0.15, -0.1) is 0 Å². The van der Waals surface area contributed by atoms with Crippen LogP contribution in [-0.2, 0) is 14.9 Å². The average Bonchev–Trinajstić information content (AvgIpc) is 2.99. The summed E-state index contributed by atoms with van der Waals surface area (Å²) in [5.74, 6) is -0.184. The Morgan fingerprint density at radius 1 is 0.964 bits per heavy atom. The Hall–Kier alpha value is -2.68. The number of fused-ring (bicyclic) bond motifs is 1. The minimum absolute atomic E-state index is 0.0582. The first-order chi connectivity index (χ1) is 13.4. The molecule has 0 unspecified atom stereocenters. The van der Waals surface area contributed by atoms with Crippen LogP contribution < -0.4 is 9.50 Å². The number of thiocarbonyl (C=S) groups is 1. The van der Waals surface area contributed by atoms with Gasteiger partial charge in [-0.2, -0.15) is 8.42 Å². The highest BCUT2D eigenvalue weighted by molar-refractivity contribution is 8.26. The summed E-state index contributed by atoms with van der Waals surface area (Å²) in [6, 6.07) is 18.9. The van der Waals surface area contributed by atoms with Crippen molar-refractivity contribution in [1.82, 2.24) is 5.32 Å². The van der Waals surface area contributed by atoms with Gasteiger partial charge < -0.3 is 9.50 Å². The number of para-hydroxylation sites is 1. The monoisotopic (exact) mass is 427 g/mol. The molecule has 3 aromatic rings. The molecule has 4 rings (SSSR count). The van der Waals surface area contributed by atoms with Gasteiger partial charge in [0.1, 0.15) is 15.0 Å². The molecule has 0 saturated carbocycles. The van der Waals surface area contributed by atoms with Crippen molar-refractivity contribution in [3.05, 3.63) is 77.2 Å². The molecule has 0 atom stereocenters. The van der Waals surface area contributed by atoms with E-state index in [1.165, 1.54) is 6.07 Å². The van der Waals surface area contributed by atoms with Crippen LogP contribution in [0.4, 0.5) is 0 Å². The van der Waals surface area contributed by atoms with Crippen LogP contribution >= 0.6 is 24.0 Å². The molecular weight excluding hydrogens is 414 g/mol. The molecule has 8 heteroatoms. The van der Waals surface area contributed by atoms with Crippen molar-refractivity contribution < 1.29 is 17.4 Å². The molecule has 1 heterocycles. The van der Waals surface area contributed by atoms with Crippen molar-refractivity contribution in [1.29, 1.82) is 0 Å². The number of rotatable bonds is 4. The van der Waals surface area contributed by atoms with E-state index in [1.807, 2.05) is 24.3 Å². The Bertz CT molecular complexity index is 1250. The number of carbonyl (C=O) groups is 1. The minimum Gasteiger partial charge on any atom is -0.378 e. The Kier molecular flexibility index (Phi) is 4.92. The number of hydrogen-bond donors (Lipinski definition) is 1. The van der Waals surface area contributed by atoms with E-state index in [9.17, 15) is 13.2 Å². The third kappa shape index (κ3) is 3.80. The molecule has 0 radical (unpaired) electrons. The molecule has 1 aliphatic rings. The predicted molar refractivity (Wildman–Crippen MR) is 115 cm³/mol. The van der Waals surface area contributed by atoms with Gasteiger partial charge in [0.2, 0.25) is 0 Å². The summed E-state index contributed by atoms with van der Waals surface area (Å²) in [4.78, 5) is 12.3. The van der Waals surface area contributed by atoms with E-state index in [0.29, 0.717) is 14.8 Å². The molecule has 1 aliphatic heterocycles. The molecule has 1 amide bonds. The summed E-state index contributed by atoms with van der Waals surface area (Å²) in [5, 5.41) is 4.26. The second kappa shape index (κ2) is 7.38. The van der Waals surface area contributed by atoms with E-state index in [-0.39, 0.29) is 16.6 Å². The fourth-order valence-corrected chi connectivity index (χ4v) is 4.75. The number of hydrogen-bond acceptors (Lipinski definition) is 6. The van der Waals surface area contributed by atoms with E-state index >= 15 is 0 Å². The lowest BCUT2D eigenvalue weighted by molar-refractivity contribution is -0.115. The van der Waals surface area contributed by atoms with Crippen molar-refractivity contribution in [2.45, 2.75) is 4.90 Å². The molecule has 0 spiro atoms. The van der Waals surface area contributed by atoms with E-state index in [4.69, 9.17) is 16.4 Å². The van der Waals surface area contributed by atoms with Crippen LogP contribution in [0.3, 0.4) is 0 Å². The Morgan fingerprint density at radius 2 is 1.68 bits per heavy atom. The Balaban J connectivity index is 1.69. The molecule has 0 aromatic heterocycles. The van der Waals surface area contributed by atoms with Crippen LogP contribution in [0.15, 0.2) is 76.5 Å². The fraction of sp³-hybridized carbons (Fsp3) is 0. The topological polar surface area (TPSA) is 72.5 Å². The Labute approximate surface area is 171 Å². The third-order valence-electron chi connectivity index (χ3n) is 4.06. The van der Waals surface area contributed by atoms with Crippen LogP contribution in [0.5, 0.6) is 5.75 Å². The average molecular weight is 428 g/mol. The van der Waals surface area contributed by atoms with Gasteiger partial charge >= 0.3 is 10.1 Å². The highest BCUT2D eigenvalue weighted by atomic mass is 32.2. The van der Waals surface area contributed by atoms with Gasteiger partial charge in [-0.1, -0.05) is 72.5 Å². The first kappa shape index (κ1) is 18.7. The standard InChI is InChI=1S/C20H13NO4S3/c22-19-18(27-20(26)21-19)12-15-7-3-4-8-17(15)25-28(23,24)16-10-9-13-5-1-2-6-14(13)11-16/h1-12H,(H,21,22,26)/b18-12-. The smallest absolute Gasteiger partial charge is 0.339 e. The summed E-state index contributed by atoms with van der Waals surface area (Å²) < 4.78 is 31.4. The Morgan fingerprint density at radius 3 is 2.43 bits per heavy atom. The number of amides is 1. The first-order valence-corrected chi connectivity index (χ1v) is 10.8. The van der Waals surface area contributed by atoms with Crippen LogP contribution in [0.2, 0.25) is 0 Å². The zero-order chi connectivity index (χ0) is 19.7. The molecule has 1 fully saturated rings. The summed E-state index contributed by atoms with van der Waals surface area (Å²) in [6.07, 6.45) is 1.56. The fourth-order valence-electron chi connectivity index (χ4n) is 2.73. The molecule has 1 N–H and O–H groups in total. The molecule has 1 saturated heterocycles. The van der Waals surface area contributed by atoms with Crippen LogP contribution in [0.25, 0.3) is 16.8 Å². The molecule has 5 nitrogen and oxygen atoms in total. The number of benzene rings is 3. The van der Waals surface area contributed by atoms with Gasteiger partial charge in [-0.3, -0.25) is 4.79 Å². The van der Waals surface area contributed by atoms with Gasteiger partial charge in [0.05, 0.1) is 4.91 Å². The zero-order valence-corrected chi connectivity index (χ0v) is 16.7. The quantitative estimate of drug-likeness (QED) is 0.384. The lowest BCUT2D eigenvalue weighted by Gasteiger charge is -2.10. The van der Waals surface area contributed by atoms with Crippen LogP contribution in [0.1, 0.15) is 5.56 Å². The largest absolute Gasteiger partial charge is 0.378 e. The second-order valence-corrected chi connectivity index (χ2v) is 9.20. The normalized spacial score (nSPS) is 15.8. The molecule has 0 aliphatic carbocycles. The lowest BCUT2D eigenvalue weighted by atomic mass is 10.1. The third-order valence-corrected chi connectivity index (χ3v) is 6.45. The first-order valence-electron chi connectivity index (χ1n) is 8.19. The molecule has 0 bridgehead atoms. The maximum atomic E-state index is 12.8. The zero-order valence-electron chi connectivity index (χ0n) is 14.3. The van der Waals surface area contributed by atoms with Crippen molar-refractivity contribution in [3.63, 3.8) is 0 Å². The molecular formula is C20H13NO4S3. The minimum atomic E-state index is -4.05. The van der Waals surface area contributed by atoms with E-state index < -0.39 is 10.1 Å². The van der Waals surface area contributed by atoms with Gasteiger partial charge in [-0.25, -0.2) is 0 Å². The summed E-state index contributed by atoms with van der Waals surface area (Å²) >= 11 is 6.10. The van der Waals surface area contributed by atoms with E-state index in [1.54, 1.807) is 42.5 Å². The maximum absolute atomic E-state index is 12.8. The van der Waals surface area contributed by atoms with Crippen LogP contribution in [0, 0.1) is 0 Å².